The fraction of sp³-hybridized carbons (Fsp3) is 0.400. The molecule has 0 radical (unpaired) electrons. The number of hydrogen-bond donors (Lipinski definition) is 5. The van der Waals surface area contributed by atoms with Crippen molar-refractivity contribution < 1.29 is 48.7 Å². The van der Waals surface area contributed by atoms with Crippen LogP contribution in [0.4, 0.5) is 0 Å². The summed E-state index contributed by atoms with van der Waals surface area (Å²) < 4.78 is 19.0. The summed E-state index contributed by atoms with van der Waals surface area (Å²) in [5.41, 5.74) is 0.546. The smallest absolute Gasteiger partial charge is 0.312 e. The number of amides is 2. The number of phenols is 1. The molecule has 1 saturated carbocycles. The first-order valence-corrected chi connectivity index (χ1v) is 17.7. The zero-order valence-electron chi connectivity index (χ0n) is 28.7. The van der Waals surface area contributed by atoms with E-state index in [-0.39, 0.29) is 61.4 Å². The van der Waals surface area contributed by atoms with Crippen LogP contribution in [0.25, 0.3) is 0 Å². The van der Waals surface area contributed by atoms with Crippen molar-refractivity contribution in [1.29, 1.82) is 0 Å². The maximum absolute atomic E-state index is 13.7. The van der Waals surface area contributed by atoms with Gasteiger partial charge in [0, 0.05) is 31.0 Å². The molecule has 1 aliphatic heterocycles. The van der Waals surface area contributed by atoms with E-state index in [1.165, 1.54) is 0 Å². The zero-order valence-corrected chi connectivity index (χ0v) is 28.7. The second-order valence-electron chi connectivity index (χ2n) is 14.1. The Bertz CT molecular complexity index is 1900. The Labute approximate surface area is 300 Å². The third-order valence-electron chi connectivity index (χ3n) is 11.2. The molecule has 272 valence electrons. The molecule has 2 bridgehead atoms. The number of aromatic hydroxyl groups is 1. The Balaban J connectivity index is 1.09. The van der Waals surface area contributed by atoms with Gasteiger partial charge in [0.2, 0.25) is 0 Å². The van der Waals surface area contributed by atoms with Gasteiger partial charge in [-0.15, -0.1) is 0 Å². The Kier molecular flexibility index (Phi) is 9.53. The van der Waals surface area contributed by atoms with Gasteiger partial charge in [-0.25, -0.2) is 0 Å². The number of aliphatic hydroxyl groups excluding tert-OH is 2. The molecular formula is C40H42N2O10. The molecule has 2 amide bonds. The third kappa shape index (κ3) is 5.99. The van der Waals surface area contributed by atoms with Crippen molar-refractivity contribution in [3.63, 3.8) is 0 Å². The van der Waals surface area contributed by atoms with Crippen LogP contribution in [0.5, 0.6) is 11.5 Å². The van der Waals surface area contributed by atoms with E-state index < -0.39 is 53.1 Å². The summed E-state index contributed by atoms with van der Waals surface area (Å²) in [4.78, 5) is 52.1. The normalized spacial score (nSPS) is 26.1. The lowest BCUT2D eigenvalue weighted by Crippen LogP contribution is -2.70. The number of benzene rings is 3. The summed E-state index contributed by atoms with van der Waals surface area (Å²) >= 11 is 0. The fourth-order valence-electron chi connectivity index (χ4n) is 8.77. The molecule has 7 rings (SSSR count). The van der Waals surface area contributed by atoms with Crippen LogP contribution in [0.2, 0.25) is 0 Å². The monoisotopic (exact) mass is 710 g/mol. The van der Waals surface area contributed by atoms with Crippen LogP contribution >= 0.6 is 0 Å². The molecule has 1 heterocycles. The van der Waals surface area contributed by atoms with E-state index in [0.717, 1.165) is 17.5 Å². The van der Waals surface area contributed by atoms with Crippen LogP contribution in [0.3, 0.4) is 0 Å². The second kappa shape index (κ2) is 14.1. The highest BCUT2D eigenvalue weighted by Crippen LogP contribution is 2.69. The van der Waals surface area contributed by atoms with Crippen LogP contribution < -0.4 is 15.4 Å². The molecule has 0 saturated heterocycles. The largest absolute Gasteiger partial charge is 0.504 e. The Hall–Kier alpha value is -5.20. The second-order valence-corrected chi connectivity index (χ2v) is 14.1. The molecule has 0 aromatic heterocycles. The predicted octanol–water partition coefficient (Wildman–Crippen LogP) is 3.59. The van der Waals surface area contributed by atoms with Gasteiger partial charge >= 0.3 is 11.9 Å². The van der Waals surface area contributed by atoms with Gasteiger partial charge in [0.05, 0.1) is 18.3 Å². The molecule has 1 unspecified atom stereocenters. The Morgan fingerprint density at radius 1 is 0.865 bits per heavy atom. The van der Waals surface area contributed by atoms with Gasteiger partial charge in [0.25, 0.3) is 11.8 Å². The summed E-state index contributed by atoms with van der Waals surface area (Å²) in [5, 5.41) is 37.0. The average Bonchev–Trinajstić information content (AvgIpc) is 3.51. The summed E-state index contributed by atoms with van der Waals surface area (Å²) in [6.45, 7) is 2.01. The summed E-state index contributed by atoms with van der Waals surface area (Å²) in [6.07, 6.45) is -0.118. The lowest BCUT2D eigenvalue weighted by molar-refractivity contribution is -0.208. The van der Waals surface area contributed by atoms with Crippen molar-refractivity contribution in [2.24, 2.45) is 11.8 Å². The van der Waals surface area contributed by atoms with Gasteiger partial charge in [-0.2, -0.15) is 0 Å². The average molecular weight is 711 g/mol. The van der Waals surface area contributed by atoms with E-state index in [1.807, 2.05) is 6.07 Å². The van der Waals surface area contributed by atoms with E-state index in [2.05, 4.69) is 17.6 Å². The minimum Gasteiger partial charge on any atom is -0.504 e. The van der Waals surface area contributed by atoms with E-state index in [9.17, 15) is 34.5 Å². The maximum atomic E-state index is 13.7. The van der Waals surface area contributed by atoms with Gasteiger partial charge in [-0.3, -0.25) is 19.2 Å². The first-order valence-electron chi connectivity index (χ1n) is 17.7. The number of hydrogen-bond acceptors (Lipinski definition) is 10. The molecule has 12 heteroatoms. The predicted molar refractivity (Wildman–Crippen MR) is 185 cm³/mol. The van der Waals surface area contributed by atoms with Crippen LogP contribution in [0.1, 0.15) is 73.5 Å². The number of aliphatic hydroxyl groups is 2. The van der Waals surface area contributed by atoms with Gasteiger partial charge in [-0.1, -0.05) is 73.7 Å². The molecule has 3 aliphatic carbocycles. The quantitative estimate of drug-likeness (QED) is 0.174. The lowest BCUT2D eigenvalue weighted by atomic mass is 9.44. The van der Waals surface area contributed by atoms with E-state index in [4.69, 9.17) is 14.2 Å². The maximum Gasteiger partial charge on any atom is 0.312 e. The van der Waals surface area contributed by atoms with E-state index >= 15 is 0 Å². The molecule has 5 N–H and O–H groups in total. The van der Waals surface area contributed by atoms with Crippen molar-refractivity contribution in [3.05, 3.63) is 107 Å². The highest BCUT2D eigenvalue weighted by molar-refractivity contribution is 5.83. The summed E-state index contributed by atoms with van der Waals surface area (Å²) in [6, 6.07) is 20.4. The minimum atomic E-state index is -1.38. The molecule has 3 aromatic carbocycles. The molecule has 3 aromatic rings. The number of nitrogens with one attached hydrogen (secondary N) is 2. The van der Waals surface area contributed by atoms with E-state index in [1.54, 1.807) is 72.8 Å². The SMILES string of the molecule is CC1CC[C@]23c4c5ccc(O)c4O[C@H]2C(OC(=O)CCNC(=O)[C@@H](O)c2ccccc2)=CC[C@@]3(OC(=O)CCNC(=O)[C@@H](O)c2ccccc2)[C@H]1C5. The highest BCUT2D eigenvalue weighted by Gasteiger charge is 2.74. The first kappa shape index (κ1) is 35.2. The van der Waals surface area contributed by atoms with Crippen LogP contribution in [-0.2, 0) is 40.5 Å². The molecule has 1 spiro atoms. The van der Waals surface area contributed by atoms with Gasteiger partial charge in [-0.05, 0) is 54.0 Å². The molecule has 1 fully saturated rings. The number of ether oxygens (including phenoxy) is 3. The molecule has 52 heavy (non-hydrogen) atoms. The van der Waals surface area contributed by atoms with Gasteiger partial charge < -0.3 is 40.2 Å². The van der Waals surface area contributed by atoms with Gasteiger partial charge in [0.1, 0.15) is 11.4 Å². The molecule has 12 nitrogen and oxygen atoms in total. The van der Waals surface area contributed by atoms with Crippen molar-refractivity contribution in [3.8, 4) is 11.5 Å². The van der Waals surface area contributed by atoms with Gasteiger partial charge in [0.15, 0.2) is 29.8 Å². The summed E-state index contributed by atoms with van der Waals surface area (Å²) in [7, 11) is 0. The van der Waals surface area contributed by atoms with Crippen molar-refractivity contribution in [1.82, 2.24) is 10.6 Å². The number of rotatable bonds is 12. The fourth-order valence-corrected chi connectivity index (χ4v) is 8.77. The number of esters is 2. The van der Waals surface area contributed by atoms with Crippen molar-refractivity contribution in [2.75, 3.05) is 13.1 Å². The van der Waals surface area contributed by atoms with Crippen molar-refractivity contribution in [2.45, 2.75) is 74.8 Å². The molecule has 7 atom stereocenters. The number of carbonyl (C=O) groups is 4. The topological polar surface area (TPSA) is 181 Å². The highest BCUT2D eigenvalue weighted by atomic mass is 16.6. The lowest BCUT2D eigenvalue weighted by Gasteiger charge is -2.62. The van der Waals surface area contributed by atoms with Crippen LogP contribution in [0.15, 0.2) is 84.6 Å². The van der Waals surface area contributed by atoms with Crippen LogP contribution in [-0.4, -0.2) is 63.9 Å². The van der Waals surface area contributed by atoms with Crippen LogP contribution in [0, 0.1) is 11.8 Å². The Morgan fingerprint density at radius 3 is 2.08 bits per heavy atom. The zero-order chi connectivity index (χ0) is 36.6. The molecular weight excluding hydrogens is 668 g/mol. The third-order valence-corrected chi connectivity index (χ3v) is 11.2. The van der Waals surface area contributed by atoms with Crippen molar-refractivity contribution >= 4 is 23.8 Å². The first-order chi connectivity index (χ1) is 25.1. The minimum absolute atomic E-state index is 0.0506. The summed E-state index contributed by atoms with van der Waals surface area (Å²) in [5.74, 6) is -1.93. The Morgan fingerprint density at radius 2 is 1.46 bits per heavy atom. The molecule has 4 aliphatic rings. The van der Waals surface area contributed by atoms with E-state index in [0.29, 0.717) is 24.0 Å². The standard InChI is InChI=1S/C40H42N2O10/c1-23-14-18-39-32-26-12-13-28(43)35(32)51-36(39)29(50-30(44)16-20-41-37(48)33(46)24-8-4-2-5-9-24)15-19-40(39,27(23)22-26)52-31(45)17-21-42-38(49)34(47)25-10-6-3-7-11-25/h2-13,15,23,27,33-34,36,43,46-47H,14,16-22H2,1H3,(H,41,48)(H,42,49)/t23?,27-,33-,34-,36-,39-,40+/m0/s1. The number of carbonyl (C=O) groups excluding carboxylic acids is 4. The number of phenolic OH excluding ortho intramolecular Hbond substituents is 1.